The quantitative estimate of drug-likeness (QED) is 0.501. The van der Waals surface area contributed by atoms with Crippen LogP contribution in [0, 0.1) is 11.7 Å². The van der Waals surface area contributed by atoms with Crippen LogP contribution in [0.5, 0.6) is 0 Å². The second-order valence-corrected chi connectivity index (χ2v) is 7.60. The zero-order valence-electron chi connectivity index (χ0n) is 16.1. The summed E-state index contributed by atoms with van der Waals surface area (Å²) in [6.45, 7) is 14.1. The Morgan fingerprint density at radius 1 is 1.33 bits per heavy atom. The van der Waals surface area contributed by atoms with Crippen molar-refractivity contribution in [2.24, 2.45) is 5.92 Å². The molecule has 0 N–H and O–H groups in total. The number of halogens is 1. The Kier molecular flexibility index (Phi) is 5.09. The second kappa shape index (κ2) is 7.18. The topological polar surface area (TPSA) is 35.5 Å². The Labute approximate surface area is 159 Å². The molecule has 0 radical (unpaired) electrons. The lowest BCUT2D eigenvalue weighted by Gasteiger charge is -2.23. The summed E-state index contributed by atoms with van der Waals surface area (Å²) in [5.74, 6) is 0.213. The summed E-state index contributed by atoms with van der Waals surface area (Å²) in [5, 5.41) is 0. The Morgan fingerprint density at radius 3 is 2.59 bits per heavy atom. The van der Waals surface area contributed by atoms with Gasteiger partial charge in [-0.3, -0.25) is 0 Å². The molecule has 0 saturated heterocycles. The third-order valence-corrected chi connectivity index (χ3v) is 5.21. The van der Waals surface area contributed by atoms with Crippen molar-refractivity contribution in [3.8, 4) is 0 Å². The molecule has 0 fully saturated rings. The summed E-state index contributed by atoms with van der Waals surface area (Å²) < 4.78 is 24.9. The average molecular weight is 368 g/mol. The number of benzene rings is 1. The van der Waals surface area contributed by atoms with Gasteiger partial charge in [-0.05, 0) is 69.0 Å². The number of esters is 1. The molecular weight excluding hydrogens is 343 g/mol. The molecule has 3 nitrogen and oxygen atoms in total. The molecule has 0 amide bonds. The number of carbonyl (C=O) groups excluding carboxylic acids is 1. The predicted octanol–water partition coefficient (Wildman–Crippen LogP) is 5.36. The Bertz CT molecular complexity index is 856. The lowest BCUT2D eigenvalue weighted by molar-refractivity contribution is -0.144. The maximum Gasteiger partial charge on any atom is 0.335 e. The molecule has 4 heteroatoms. The zero-order chi connectivity index (χ0) is 19.8. The lowest BCUT2D eigenvalue weighted by atomic mass is 9.82. The normalized spacial score (nSPS) is 21.3. The summed E-state index contributed by atoms with van der Waals surface area (Å²) in [6.07, 6.45) is 2.73. The van der Waals surface area contributed by atoms with Gasteiger partial charge < -0.3 is 9.47 Å². The van der Waals surface area contributed by atoms with Crippen LogP contribution in [0.3, 0.4) is 0 Å². The van der Waals surface area contributed by atoms with Crippen LogP contribution in [0.15, 0.2) is 65.8 Å². The van der Waals surface area contributed by atoms with Crippen LogP contribution in [-0.2, 0) is 14.3 Å². The smallest absolute Gasteiger partial charge is 0.335 e. The Morgan fingerprint density at radius 2 is 2.00 bits per heavy atom. The third kappa shape index (κ3) is 3.61. The van der Waals surface area contributed by atoms with Gasteiger partial charge in [0.25, 0.3) is 0 Å². The second-order valence-electron chi connectivity index (χ2n) is 7.60. The van der Waals surface area contributed by atoms with E-state index in [2.05, 4.69) is 13.2 Å². The molecule has 0 spiro atoms. The fraction of sp³-hybridized carbons (Fsp3) is 0.348. The number of carbonyl (C=O) groups is 1. The van der Waals surface area contributed by atoms with Crippen molar-refractivity contribution in [1.29, 1.82) is 0 Å². The molecule has 1 atom stereocenters. The number of hydrogen-bond acceptors (Lipinski definition) is 3. The van der Waals surface area contributed by atoms with Gasteiger partial charge >= 0.3 is 5.97 Å². The van der Waals surface area contributed by atoms with Crippen LogP contribution in [0.1, 0.15) is 39.2 Å². The fourth-order valence-electron chi connectivity index (χ4n) is 3.73. The highest BCUT2D eigenvalue weighted by Gasteiger charge is 2.41. The van der Waals surface area contributed by atoms with Crippen LogP contribution >= 0.6 is 0 Å². The van der Waals surface area contributed by atoms with Gasteiger partial charge in [0.1, 0.15) is 17.2 Å². The van der Waals surface area contributed by atoms with E-state index in [0.29, 0.717) is 25.0 Å². The molecule has 0 saturated carbocycles. The first kappa shape index (κ1) is 19.2. The highest BCUT2D eigenvalue weighted by molar-refractivity contribution is 5.93. The molecule has 3 rings (SSSR count). The van der Waals surface area contributed by atoms with E-state index in [1.165, 1.54) is 12.1 Å². The van der Waals surface area contributed by atoms with E-state index in [9.17, 15) is 9.18 Å². The number of hydrogen-bond donors (Lipinski definition) is 0. The average Bonchev–Trinajstić information content (AvgIpc) is 3.10. The minimum absolute atomic E-state index is 0.0500. The first-order valence-electron chi connectivity index (χ1n) is 9.08. The summed E-state index contributed by atoms with van der Waals surface area (Å²) >= 11 is 0. The van der Waals surface area contributed by atoms with Crippen LogP contribution in [-0.4, -0.2) is 18.2 Å². The maximum atomic E-state index is 13.3. The summed E-state index contributed by atoms with van der Waals surface area (Å²) in [5.41, 5.74) is 3.79. The highest BCUT2D eigenvalue weighted by atomic mass is 19.1. The maximum absolute atomic E-state index is 13.3. The van der Waals surface area contributed by atoms with Crippen molar-refractivity contribution >= 4 is 11.7 Å². The molecule has 2 aliphatic rings. The minimum Gasteiger partial charge on any atom is -0.492 e. The molecule has 1 aromatic rings. The van der Waals surface area contributed by atoms with Gasteiger partial charge in [-0.1, -0.05) is 18.2 Å². The summed E-state index contributed by atoms with van der Waals surface area (Å²) in [4.78, 5) is 12.3. The van der Waals surface area contributed by atoms with Crippen LogP contribution in [0.4, 0.5) is 4.39 Å². The summed E-state index contributed by atoms with van der Waals surface area (Å²) in [7, 11) is 0. The Hall–Kier alpha value is -2.62. The van der Waals surface area contributed by atoms with Gasteiger partial charge in [0, 0.05) is 17.1 Å². The van der Waals surface area contributed by atoms with E-state index in [1.54, 1.807) is 18.2 Å². The van der Waals surface area contributed by atoms with E-state index in [-0.39, 0.29) is 17.7 Å². The van der Waals surface area contributed by atoms with E-state index in [1.807, 2.05) is 20.8 Å². The largest absolute Gasteiger partial charge is 0.492 e. The molecular formula is C23H25FO3. The van der Waals surface area contributed by atoms with Gasteiger partial charge in [-0.25, -0.2) is 9.18 Å². The molecule has 27 heavy (non-hydrogen) atoms. The molecule has 0 bridgehead atoms. The standard InChI is InChI=1S/C23H25FO3/c1-6-7-17-20(23(4,5)27-22(17)25)12-18-19(14(2)3)13-26-21(18)15-8-10-16(24)11-9-15/h6,8-11,19H,1-2,7,12-13H2,3-5H3. The van der Waals surface area contributed by atoms with E-state index in [0.717, 1.165) is 28.0 Å². The number of ether oxygens (including phenoxy) is 2. The predicted molar refractivity (Wildman–Crippen MR) is 104 cm³/mol. The fourth-order valence-corrected chi connectivity index (χ4v) is 3.73. The molecule has 1 unspecified atom stereocenters. The van der Waals surface area contributed by atoms with Gasteiger partial charge in [0.15, 0.2) is 0 Å². The van der Waals surface area contributed by atoms with Crippen molar-refractivity contribution in [2.75, 3.05) is 6.61 Å². The lowest BCUT2D eigenvalue weighted by Crippen LogP contribution is -2.24. The highest BCUT2D eigenvalue weighted by Crippen LogP contribution is 2.44. The van der Waals surface area contributed by atoms with Crippen LogP contribution in [0.2, 0.25) is 0 Å². The van der Waals surface area contributed by atoms with Gasteiger partial charge in [0.2, 0.25) is 0 Å². The first-order chi connectivity index (χ1) is 12.7. The van der Waals surface area contributed by atoms with Crippen molar-refractivity contribution < 1.29 is 18.7 Å². The van der Waals surface area contributed by atoms with Crippen molar-refractivity contribution in [3.63, 3.8) is 0 Å². The Balaban J connectivity index is 2.09. The van der Waals surface area contributed by atoms with Gasteiger partial charge in [0.05, 0.1) is 6.61 Å². The monoisotopic (exact) mass is 368 g/mol. The number of cyclic esters (lactones) is 1. The minimum atomic E-state index is -0.682. The molecule has 0 aliphatic carbocycles. The molecule has 2 heterocycles. The molecule has 2 aliphatic heterocycles. The van der Waals surface area contributed by atoms with Crippen LogP contribution in [0.25, 0.3) is 5.76 Å². The third-order valence-electron chi connectivity index (χ3n) is 5.21. The van der Waals surface area contributed by atoms with E-state index >= 15 is 0 Å². The SMILES string of the molecule is C=CCC1=C(CC2=C(c3ccc(F)cc3)OCC2C(=C)C)C(C)(C)OC1=O. The van der Waals surface area contributed by atoms with Crippen molar-refractivity contribution in [1.82, 2.24) is 0 Å². The van der Waals surface area contributed by atoms with E-state index in [4.69, 9.17) is 9.47 Å². The zero-order valence-corrected chi connectivity index (χ0v) is 16.1. The summed E-state index contributed by atoms with van der Waals surface area (Å²) in [6, 6.07) is 6.27. The van der Waals surface area contributed by atoms with Crippen LogP contribution < -0.4 is 0 Å². The molecule has 0 aromatic heterocycles. The number of allylic oxidation sites excluding steroid dienone is 1. The molecule has 1 aromatic carbocycles. The van der Waals surface area contributed by atoms with Crippen molar-refractivity contribution in [2.45, 2.75) is 39.2 Å². The van der Waals surface area contributed by atoms with Crippen molar-refractivity contribution in [3.05, 3.63) is 77.2 Å². The van der Waals surface area contributed by atoms with E-state index < -0.39 is 5.60 Å². The van der Waals surface area contributed by atoms with Gasteiger partial charge in [-0.15, -0.1) is 6.58 Å². The molecule has 142 valence electrons. The number of rotatable bonds is 6. The van der Waals surface area contributed by atoms with Gasteiger partial charge in [-0.2, -0.15) is 0 Å². The first-order valence-corrected chi connectivity index (χ1v) is 9.08.